The van der Waals surface area contributed by atoms with Crippen LogP contribution >= 0.6 is 11.3 Å². The number of thiophene rings is 1. The number of hydrogen-bond acceptors (Lipinski definition) is 4. The molecule has 1 fully saturated rings. The molecular formula is C16H13N3O2S. The summed E-state index contributed by atoms with van der Waals surface area (Å²) in [6.45, 7) is 0. The average Bonchev–Trinajstić information content (AvgIpc) is 3.22. The monoisotopic (exact) mass is 311 g/mol. The Bertz CT molecular complexity index is 772. The van der Waals surface area contributed by atoms with Gasteiger partial charge in [-0.1, -0.05) is 6.07 Å². The van der Waals surface area contributed by atoms with E-state index in [1.54, 1.807) is 29.6 Å². The molecule has 0 bridgehead atoms. The van der Waals surface area contributed by atoms with E-state index in [4.69, 9.17) is 5.26 Å². The van der Waals surface area contributed by atoms with Crippen LogP contribution in [0.25, 0.3) is 0 Å². The zero-order valence-electron chi connectivity index (χ0n) is 11.6. The van der Waals surface area contributed by atoms with Crippen LogP contribution in [0, 0.1) is 11.3 Å². The Morgan fingerprint density at radius 1 is 1.23 bits per heavy atom. The topological polar surface area (TPSA) is 82.0 Å². The van der Waals surface area contributed by atoms with Crippen molar-refractivity contribution < 1.29 is 9.59 Å². The fourth-order valence-corrected chi connectivity index (χ4v) is 2.76. The molecule has 6 heteroatoms. The van der Waals surface area contributed by atoms with E-state index in [-0.39, 0.29) is 17.9 Å². The van der Waals surface area contributed by atoms with Crippen molar-refractivity contribution in [2.45, 2.75) is 18.9 Å². The van der Waals surface area contributed by atoms with Gasteiger partial charge in [0.1, 0.15) is 5.00 Å². The van der Waals surface area contributed by atoms with Crippen LogP contribution in [0.15, 0.2) is 35.7 Å². The first-order valence-corrected chi connectivity index (χ1v) is 7.75. The van der Waals surface area contributed by atoms with Crippen molar-refractivity contribution in [3.63, 3.8) is 0 Å². The van der Waals surface area contributed by atoms with Gasteiger partial charge >= 0.3 is 0 Å². The van der Waals surface area contributed by atoms with Gasteiger partial charge in [-0.15, -0.1) is 11.3 Å². The summed E-state index contributed by atoms with van der Waals surface area (Å²) >= 11 is 1.30. The smallest absolute Gasteiger partial charge is 0.256 e. The Morgan fingerprint density at radius 2 is 2.05 bits per heavy atom. The summed E-state index contributed by atoms with van der Waals surface area (Å²) in [4.78, 5) is 24.3. The first-order valence-electron chi connectivity index (χ1n) is 6.87. The lowest BCUT2D eigenvalue weighted by atomic mass is 10.1. The van der Waals surface area contributed by atoms with Gasteiger partial charge in [-0.25, -0.2) is 0 Å². The number of nitriles is 1. The molecule has 2 N–H and O–H groups in total. The van der Waals surface area contributed by atoms with Gasteiger partial charge < -0.3 is 10.6 Å². The molecule has 1 heterocycles. The van der Waals surface area contributed by atoms with E-state index in [0.29, 0.717) is 21.7 Å². The van der Waals surface area contributed by atoms with E-state index in [1.807, 2.05) is 6.07 Å². The first kappa shape index (κ1) is 14.3. The fraction of sp³-hybridized carbons (Fsp3) is 0.188. The van der Waals surface area contributed by atoms with Gasteiger partial charge in [0.15, 0.2) is 0 Å². The molecule has 2 amide bonds. The largest absolute Gasteiger partial charge is 0.349 e. The van der Waals surface area contributed by atoms with Crippen LogP contribution in [0.3, 0.4) is 0 Å². The highest BCUT2D eigenvalue weighted by molar-refractivity contribution is 7.14. The zero-order chi connectivity index (χ0) is 15.5. The molecule has 0 aliphatic heterocycles. The lowest BCUT2D eigenvalue weighted by Gasteiger charge is -2.07. The number of carbonyl (C=O) groups is 2. The van der Waals surface area contributed by atoms with Crippen molar-refractivity contribution in [2.75, 3.05) is 5.32 Å². The van der Waals surface area contributed by atoms with Crippen molar-refractivity contribution in [1.29, 1.82) is 5.26 Å². The fourth-order valence-electron chi connectivity index (χ4n) is 1.98. The summed E-state index contributed by atoms with van der Waals surface area (Å²) < 4.78 is 0. The number of amides is 2. The predicted octanol–water partition coefficient (Wildman–Crippen LogP) is 2.76. The van der Waals surface area contributed by atoms with Gasteiger partial charge in [-0.05, 0) is 42.5 Å². The van der Waals surface area contributed by atoms with Gasteiger partial charge in [0.25, 0.3) is 11.8 Å². The van der Waals surface area contributed by atoms with Crippen LogP contribution in [-0.4, -0.2) is 17.9 Å². The van der Waals surface area contributed by atoms with Gasteiger partial charge in [0.05, 0.1) is 17.2 Å². The summed E-state index contributed by atoms with van der Waals surface area (Å²) in [5.41, 5.74) is 1.29. The van der Waals surface area contributed by atoms with Crippen LogP contribution in [0.2, 0.25) is 0 Å². The molecule has 1 aliphatic rings. The second-order valence-electron chi connectivity index (χ2n) is 5.06. The van der Waals surface area contributed by atoms with Crippen LogP contribution in [0.1, 0.15) is 39.1 Å². The molecular weight excluding hydrogens is 298 g/mol. The van der Waals surface area contributed by atoms with Crippen LogP contribution < -0.4 is 10.6 Å². The van der Waals surface area contributed by atoms with E-state index >= 15 is 0 Å². The van der Waals surface area contributed by atoms with Crippen molar-refractivity contribution in [3.05, 3.63) is 52.4 Å². The molecule has 0 radical (unpaired) electrons. The Labute approximate surface area is 131 Å². The van der Waals surface area contributed by atoms with E-state index in [1.165, 1.54) is 17.4 Å². The minimum atomic E-state index is -0.333. The van der Waals surface area contributed by atoms with Crippen molar-refractivity contribution >= 4 is 28.2 Å². The number of benzene rings is 1. The van der Waals surface area contributed by atoms with Gasteiger partial charge in [0.2, 0.25) is 0 Å². The van der Waals surface area contributed by atoms with E-state index in [9.17, 15) is 9.59 Å². The summed E-state index contributed by atoms with van der Waals surface area (Å²) in [5, 5.41) is 16.8. The number of anilines is 1. The standard InChI is InChI=1S/C16H13N3O2S/c17-9-10-2-1-3-11(8-10)14(20)19-16-13(6-7-22-16)15(21)18-12-4-5-12/h1-3,6-8,12H,4-5H2,(H,18,21)(H,19,20). The molecule has 0 saturated heterocycles. The molecule has 1 saturated carbocycles. The Morgan fingerprint density at radius 3 is 2.77 bits per heavy atom. The molecule has 1 aromatic heterocycles. The maximum atomic E-state index is 12.2. The molecule has 0 atom stereocenters. The first-order chi connectivity index (χ1) is 10.7. The third-order valence-corrected chi connectivity index (χ3v) is 4.13. The lowest BCUT2D eigenvalue weighted by Crippen LogP contribution is -2.26. The van der Waals surface area contributed by atoms with Crippen molar-refractivity contribution in [3.8, 4) is 6.07 Å². The third kappa shape index (κ3) is 3.15. The third-order valence-electron chi connectivity index (χ3n) is 3.30. The van der Waals surface area contributed by atoms with Crippen LogP contribution in [0.5, 0.6) is 0 Å². The number of rotatable bonds is 4. The summed E-state index contributed by atoms with van der Waals surface area (Å²) in [6, 6.07) is 10.4. The summed E-state index contributed by atoms with van der Waals surface area (Å²) in [5.74, 6) is -0.496. The molecule has 5 nitrogen and oxygen atoms in total. The van der Waals surface area contributed by atoms with E-state index in [0.717, 1.165) is 12.8 Å². The quantitative estimate of drug-likeness (QED) is 0.911. The highest BCUT2D eigenvalue weighted by atomic mass is 32.1. The van der Waals surface area contributed by atoms with Gasteiger partial charge in [-0.2, -0.15) is 5.26 Å². The maximum absolute atomic E-state index is 12.2. The van der Waals surface area contributed by atoms with Gasteiger partial charge in [-0.3, -0.25) is 9.59 Å². The molecule has 110 valence electrons. The molecule has 1 aliphatic carbocycles. The Kier molecular flexibility index (Phi) is 3.90. The Hall–Kier alpha value is -2.65. The number of hydrogen-bond donors (Lipinski definition) is 2. The van der Waals surface area contributed by atoms with Gasteiger partial charge in [0, 0.05) is 11.6 Å². The normalized spacial score (nSPS) is 13.2. The van der Waals surface area contributed by atoms with Crippen LogP contribution in [0.4, 0.5) is 5.00 Å². The average molecular weight is 311 g/mol. The second-order valence-corrected chi connectivity index (χ2v) is 5.97. The number of nitrogens with zero attached hydrogens (tertiary/aromatic N) is 1. The predicted molar refractivity (Wildman–Crippen MR) is 83.9 cm³/mol. The van der Waals surface area contributed by atoms with Crippen molar-refractivity contribution in [1.82, 2.24) is 5.32 Å². The van der Waals surface area contributed by atoms with E-state index < -0.39 is 0 Å². The molecule has 1 aromatic carbocycles. The lowest BCUT2D eigenvalue weighted by molar-refractivity contribution is 0.0952. The maximum Gasteiger partial charge on any atom is 0.256 e. The van der Waals surface area contributed by atoms with E-state index in [2.05, 4.69) is 10.6 Å². The summed E-state index contributed by atoms with van der Waals surface area (Å²) in [7, 11) is 0. The van der Waals surface area contributed by atoms with Crippen LogP contribution in [-0.2, 0) is 0 Å². The highest BCUT2D eigenvalue weighted by Crippen LogP contribution is 2.26. The van der Waals surface area contributed by atoms with Crippen molar-refractivity contribution in [2.24, 2.45) is 0 Å². The molecule has 2 aromatic rings. The molecule has 0 unspecified atom stereocenters. The number of nitrogens with one attached hydrogen (secondary N) is 2. The molecule has 3 rings (SSSR count). The molecule has 0 spiro atoms. The number of carbonyl (C=O) groups excluding carboxylic acids is 2. The minimum Gasteiger partial charge on any atom is -0.349 e. The summed E-state index contributed by atoms with van der Waals surface area (Å²) in [6.07, 6.45) is 2.02. The Balaban J connectivity index is 1.75. The zero-order valence-corrected chi connectivity index (χ0v) is 12.4. The molecule has 22 heavy (non-hydrogen) atoms. The highest BCUT2D eigenvalue weighted by Gasteiger charge is 2.25. The second kappa shape index (κ2) is 6.00. The SMILES string of the molecule is N#Cc1cccc(C(=O)Nc2sccc2C(=O)NC2CC2)c1. The minimum absolute atomic E-state index is 0.162.